The van der Waals surface area contributed by atoms with E-state index in [9.17, 15) is 27.6 Å². The summed E-state index contributed by atoms with van der Waals surface area (Å²) in [4.78, 5) is 38.2. The van der Waals surface area contributed by atoms with Gasteiger partial charge in [-0.1, -0.05) is 0 Å². The standard InChI is InChI=1S/C16H18F3N5O3/c1-21-7-3-4-11(12(21)25)13(26)23-8-5-10(6-9-23)24-15(27)22(2)14(20-24)16(17,18)19/h3-4,7,10H,5-6,8-9H2,1-2H3. The molecule has 1 aliphatic rings. The van der Waals surface area contributed by atoms with Crippen molar-refractivity contribution in [2.75, 3.05) is 13.1 Å². The van der Waals surface area contributed by atoms with Gasteiger partial charge in [0.25, 0.3) is 11.5 Å². The van der Waals surface area contributed by atoms with Crippen LogP contribution in [-0.2, 0) is 20.3 Å². The van der Waals surface area contributed by atoms with Gasteiger partial charge in [0.1, 0.15) is 5.56 Å². The number of likely N-dealkylation sites (tertiary alicyclic amines) is 1. The first-order valence-electron chi connectivity index (χ1n) is 8.29. The van der Waals surface area contributed by atoms with Gasteiger partial charge in [0.05, 0.1) is 6.04 Å². The average molecular weight is 385 g/mol. The van der Waals surface area contributed by atoms with E-state index in [4.69, 9.17) is 0 Å². The SMILES string of the molecule is Cn1cccc(C(=O)N2CCC(n3nc(C(F)(F)F)n(C)c3=O)CC2)c1=O. The molecule has 1 aliphatic heterocycles. The van der Waals surface area contributed by atoms with E-state index in [0.717, 1.165) is 11.7 Å². The van der Waals surface area contributed by atoms with E-state index in [1.807, 2.05) is 0 Å². The van der Waals surface area contributed by atoms with Crippen LogP contribution in [0.25, 0.3) is 0 Å². The van der Waals surface area contributed by atoms with Crippen LogP contribution in [0.2, 0.25) is 0 Å². The van der Waals surface area contributed by atoms with Crippen LogP contribution < -0.4 is 11.2 Å². The van der Waals surface area contributed by atoms with Crippen molar-refractivity contribution in [3.05, 3.63) is 50.6 Å². The highest BCUT2D eigenvalue weighted by Gasteiger charge is 2.39. The molecule has 8 nitrogen and oxygen atoms in total. The zero-order valence-electron chi connectivity index (χ0n) is 14.7. The molecule has 3 heterocycles. The van der Waals surface area contributed by atoms with Gasteiger partial charge in [-0.05, 0) is 25.0 Å². The fourth-order valence-corrected chi connectivity index (χ4v) is 3.18. The number of alkyl halides is 3. The minimum atomic E-state index is -4.72. The molecule has 11 heteroatoms. The highest BCUT2D eigenvalue weighted by Crippen LogP contribution is 2.28. The lowest BCUT2D eigenvalue weighted by molar-refractivity contribution is -0.147. The summed E-state index contributed by atoms with van der Waals surface area (Å²) in [5.41, 5.74) is -1.22. The Balaban J connectivity index is 1.76. The van der Waals surface area contributed by atoms with Crippen molar-refractivity contribution in [1.82, 2.24) is 23.8 Å². The fraction of sp³-hybridized carbons (Fsp3) is 0.500. The largest absolute Gasteiger partial charge is 0.451 e. The van der Waals surface area contributed by atoms with Crippen LogP contribution in [0.4, 0.5) is 13.2 Å². The molecule has 27 heavy (non-hydrogen) atoms. The second kappa shape index (κ2) is 6.71. The van der Waals surface area contributed by atoms with Crippen molar-refractivity contribution < 1.29 is 18.0 Å². The third-order valence-electron chi connectivity index (χ3n) is 4.71. The molecule has 0 bridgehead atoms. The maximum absolute atomic E-state index is 12.9. The third-order valence-corrected chi connectivity index (χ3v) is 4.71. The predicted molar refractivity (Wildman–Crippen MR) is 88.3 cm³/mol. The lowest BCUT2D eigenvalue weighted by Gasteiger charge is -2.31. The maximum Gasteiger partial charge on any atom is 0.451 e. The number of pyridine rings is 1. The highest BCUT2D eigenvalue weighted by molar-refractivity contribution is 5.93. The van der Waals surface area contributed by atoms with Gasteiger partial charge < -0.3 is 9.47 Å². The van der Waals surface area contributed by atoms with Gasteiger partial charge in [-0.25, -0.2) is 9.48 Å². The number of aromatic nitrogens is 4. The Morgan fingerprint density at radius 3 is 2.37 bits per heavy atom. The van der Waals surface area contributed by atoms with Crippen LogP contribution in [0.1, 0.15) is 35.1 Å². The van der Waals surface area contributed by atoms with Crippen LogP contribution in [-0.4, -0.2) is 42.8 Å². The van der Waals surface area contributed by atoms with E-state index in [1.165, 1.54) is 28.8 Å². The molecule has 2 aromatic rings. The smallest absolute Gasteiger partial charge is 0.338 e. The molecule has 0 atom stereocenters. The number of nitrogens with zero attached hydrogens (tertiary/aromatic N) is 5. The number of aryl methyl sites for hydroxylation is 1. The second-order valence-electron chi connectivity index (χ2n) is 6.47. The number of rotatable bonds is 2. The summed E-state index contributed by atoms with van der Waals surface area (Å²) in [6.07, 6.45) is -2.64. The molecule has 1 fully saturated rings. The van der Waals surface area contributed by atoms with Gasteiger partial charge in [0.15, 0.2) is 0 Å². The Kier molecular flexibility index (Phi) is 4.70. The normalized spacial score (nSPS) is 16.0. The summed E-state index contributed by atoms with van der Waals surface area (Å²) >= 11 is 0. The zero-order valence-corrected chi connectivity index (χ0v) is 14.7. The number of carbonyl (C=O) groups excluding carboxylic acids is 1. The number of hydrogen-bond acceptors (Lipinski definition) is 4. The van der Waals surface area contributed by atoms with Crippen LogP contribution in [0.15, 0.2) is 27.9 Å². The van der Waals surface area contributed by atoms with E-state index in [-0.39, 0.29) is 31.5 Å². The van der Waals surface area contributed by atoms with Gasteiger partial charge in [0.2, 0.25) is 5.82 Å². The molecule has 0 N–H and O–H groups in total. The van der Waals surface area contributed by atoms with Gasteiger partial charge in [-0.2, -0.15) is 13.2 Å². The first kappa shape index (κ1) is 18.9. The Morgan fingerprint density at radius 2 is 1.81 bits per heavy atom. The van der Waals surface area contributed by atoms with Gasteiger partial charge in [0, 0.05) is 33.4 Å². The molecular weight excluding hydrogens is 367 g/mol. The predicted octanol–water partition coefficient (Wildman–Crippen LogP) is 0.777. The molecule has 1 amide bonds. The van der Waals surface area contributed by atoms with Crippen molar-refractivity contribution in [2.24, 2.45) is 14.1 Å². The van der Waals surface area contributed by atoms with Gasteiger partial charge in [-0.3, -0.25) is 14.2 Å². The van der Waals surface area contributed by atoms with E-state index >= 15 is 0 Å². The average Bonchev–Trinajstić information content (AvgIpc) is 2.92. The Hall–Kier alpha value is -2.85. The molecule has 0 aromatic carbocycles. The highest BCUT2D eigenvalue weighted by atomic mass is 19.4. The van der Waals surface area contributed by atoms with Gasteiger partial charge >= 0.3 is 11.9 Å². The first-order valence-corrected chi connectivity index (χ1v) is 8.29. The monoisotopic (exact) mass is 385 g/mol. The van der Waals surface area contributed by atoms with Gasteiger partial charge in [-0.15, -0.1) is 5.10 Å². The molecular formula is C16H18F3N5O3. The van der Waals surface area contributed by atoms with Crippen LogP contribution >= 0.6 is 0 Å². The van der Waals surface area contributed by atoms with E-state index in [2.05, 4.69) is 5.10 Å². The van der Waals surface area contributed by atoms with E-state index in [0.29, 0.717) is 4.57 Å². The Bertz CT molecular complexity index is 980. The maximum atomic E-state index is 12.9. The minimum Gasteiger partial charge on any atom is -0.338 e. The van der Waals surface area contributed by atoms with Crippen molar-refractivity contribution in [3.63, 3.8) is 0 Å². The first-order chi connectivity index (χ1) is 12.6. The van der Waals surface area contributed by atoms with Crippen LogP contribution in [0, 0.1) is 0 Å². The minimum absolute atomic E-state index is 0.0350. The summed E-state index contributed by atoms with van der Waals surface area (Å²) in [7, 11) is 2.57. The molecule has 2 aromatic heterocycles. The number of amides is 1. The molecule has 0 saturated carbocycles. The lowest BCUT2D eigenvalue weighted by Crippen LogP contribution is -2.43. The number of carbonyl (C=O) groups is 1. The summed E-state index contributed by atoms with van der Waals surface area (Å²) < 4.78 is 41.4. The summed E-state index contributed by atoms with van der Waals surface area (Å²) in [5, 5.41) is 3.44. The summed E-state index contributed by atoms with van der Waals surface area (Å²) in [6, 6.07) is 2.49. The topological polar surface area (TPSA) is 82.1 Å². The molecule has 0 unspecified atom stereocenters. The number of piperidine rings is 1. The van der Waals surface area contributed by atoms with Crippen molar-refractivity contribution in [3.8, 4) is 0 Å². The molecule has 146 valence electrons. The van der Waals surface area contributed by atoms with Crippen molar-refractivity contribution in [2.45, 2.75) is 25.1 Å². The Labute approximate surface area is 151 Å². The molecule has 0 aliphatic carbocycles. The van der Waals surface area contributed by atoms with Crippen LogP contribution in [0.5, 0.6) is 0 Å². The third kappa shape index (κ3) is 3.40. The summed E-state index contributed by atoms with van der Waals surface area (Å²) in [6.45, 7) is 0.428. The van der Waals surface area contributed by atoms with Crippen molar-refractivity contribution >= 4 is 5.91 Å². The lowest BCUT2D eigenvalue weighted by atomic mass is 10.0. The quantitative estimate of drug-likeness (QED) is 0.765. The number of hydrogen-bond donors (Lipinski definition) is 0. The summed E-state index contributed by atoms with van der Waals surface area (Å²) in [5.74, 6) is -1.68. The van der Waals surface area contributed by atoms with E-state index < -0.39 is 35.2 Å². The Morgan fingerprint density at radius 1 is 1.19 bits per heavy atom. The molecule has 3 rings (SSSR count). The molecule has 0 radical (unpaired) electrons. The number of halogens is 3. The van der Waals surface area contributed by atoms with E-state index in [1.54, 1.807) is 6.07 Å². The zero-order chi connectivity index (χ0) is 19.9. The molecule has 0 spiro atoms. The van der Waals surface area contributed by atoms with Crippen molar-refractivity contribution in [1.29, 1.82) is 0 Å². The molecule has 1 saturated heterocycles. The second-order valence-corrected chi connectivity index (χ2v) is 6.47. The van der Waals surface area contributed by atoms with Crippen LogP contribution in [0.3, 0.4) is 0 Å². The fourth-order valence-electron chi connectivity index (χ4n) is 3.18.